The summed E-state index contributed by atoms with van der Waals surface area (Å²) in [6.45, 7) is 1.95. The molecule has 0 saturated carbocycles. The predicted octanol–water partition coefficient (Wildman–Crippen LogP) is 3.29. The van der Waals surface area contributed by atoms with Crippen LogP contribution in [0.25, 0.3) is 0 Å². The topological polar surface area (TPSA) is 65.8 Å². The highest BCUT2D eigenvalue weighted by atomic mass is 35.5. The maximum atomic E-state index is 12.3. The molecule has 2 rings (SSSR count). The number of rotatable bonds is 4. The maximum Gasteiger partial charge on any atom is 0.252 e. The number of nitriles is 1. The molecule has 0 aliphatic rings. The van der Waals surface area contributed by atoms with Crippen molar-refractivity contribution in [2.75, 3.05) is 0 Å². The Balaban J connectivity index is 2.23. The van der Waals surface area contributed by atoms with E-state index in [4.69, 9.17) is 11.6 Å². The van der Waals surface area contributed by atoms with Crippen LogP contribution in [0, 0.1) is 11.3 Å². The van der Waals surface area contributed by atoms with Crippen LogP contribution in [0.5, 0.6) is 0 Å². The normalized spacial score (nSPS) is 11.5. The number of aryl methyl sites for hydroxylation is 1. The number of aromatic nitrogens is 1. The monoisotopic (exact) mass is 299 g/mol. The van der Waals surface area contributed by atoms with Gasteiger partial charge in [-0.2, -0.15) is 5.26 Å². The van der Waals surface area contributed by atoms with Gasteiger partial charge in [-0.15, -0.1) is 0 Å². The first-order valence-corrected chi connectivity index (χ1v) is 6.92. The first-order valence-electron chi connectivity index (χ1n) is 6.54. The molecule has 1 heterocycles. The molecule has 0 spiro atoms. The third-order valence-corrected chi connectivity index (χ3v) is 3.35. The van der Waals surface area contributed by atoms with E-state index in [0.717, 1.165) is 5.56 Å². The minimum absolute atomic E-state index is 0.291. The Morgan fingerprint density at radius 2 is 2.29 bits per heavy atom. The zero-order valence-corrected chi connectivity index (χ0v) is 12.3. The number of halogens is 1. The molecule has 2 aromatic rings. The quantitative estimate of drug-likeness (QED) is 0.942. The van der Waals surface area contributed by atoms with E-state index in [0.29, 0.717) is 22.6 Å². The van der Waals surface area contributed by atoms with Gasteiger partial charge in [-0.25, -0.2) is 0 Å². The minimum Gasteiger partial charge on any atom is -0.332 e. The van der Waals surface area contributed by atoms with Crippen LogP contribution in [0.1, 0.15) is 34.5 Å². The number of hydrogen-bond acceptors (Lipinski definition) is 3. The fraction of sp³-hybridized carbons (Fsp3) is 0.188. The van der Waals surface area contributed by atoms with Crippen LogP contribution in [-0.4, -0.2) is 10.9 Å². The number of nitrogens with zero attached hydrogens (tertiary/aromatic N) is 2. The van der Waals surface area contributed by atoms with E-state index in [1.54, 1.807) is 42.7 Å². The van der Waals surface area contributed by atoms with Gasteiger partial charge in [0.25, 0.3) is 5.91 Å². The summed E-state index contributed by atoms with van der Waals surface area (Å²) in [6.07, 6.45) is 3.93. The first kappa shape index (κ1) is 15.0. The van der Waals surface area contributed by atoms with E-state index in [1.807, 2.05) is 6.92 Å². The lowest BCUT2D eigenvalue weighted by atomic mass is 10.1. The van der Waals surface area contributed by atoms with Crippen molar-refractivity contribution in [2.24, 2.45) is 0 Å². The van der Waals surface area contributed by atoms with Crippen molar-refractivity contribution in [1.29, 1.82) is 5.26 Å². The summed E-state index contributed by atoms with van der Waals surface area (Å²) in [5.41, 5.74) is 2.04. The highest BCUT2D eigenvalue weighted by Gasteiger charge is 2.17. The summed E-state index contributed by atoms with van der Waals surface area (Å²) >= 11 is 5.92. The molecule has 0 aliphatic carbocycles. The average molecular weight is 300 g/mol. The van der Waals surface area contributed by atoms with E-state index in [-0.39, 0.29) is 5.91 Å². The second-order valence-corrected chi connectivity index (χ2v) is 4.91. The predicted molar refractivity (Wildman–Crippen MR) is 80.9 cm³/mol. The number of carbonyl (C=O) groups excluding carboxylic acids is 1. The van der Waals surface area contributed by atoms with Gasteiger partial charge in [-0.05, 0) is 35.7 Å². The Morgan fingerprint density at radius 3 is 2.95 bits per heavy atom. The summed E-state index contributed by atoms with van der Waals surface area (Å²) in [5.74, 6) is -0.291. The molecule has 1 atom stereocenters. The van der Waals surface area contributed by atoms with Gasteiger partial charge in [0, 0.05) is 23.0 Å². The Hall–Kier alpha value is -2.38. The molecule has 5 heteroatoms. The number of pyridine rings is 1. The zero-order chi connectivity index (χ0) is 15.2. The van der Waals surface area contributed by atoms with Gasteiger partial charge in [-0.3, -0.25) is 9.78 Å². The van der Waals surface area contributed by atoms with Crippen LogP contribution in [-0.2, 0) is 6.42 Å². The largest absolute Gasteiger partial charge is 0.332 e. The molecule has 0 bridgehead atoms. The van der Waals surface area contributed by atoms with Crippen molar-refractivity contribution < 1.29 is 4.79 Å². The molecular formula is C16H14ClN3O. The van der Waals surface area contributed by atoms with Gasteiger partial charge in [0.05, 0.1) is 6.07 Å². The first-order chi connectivity index (χ1) is 10.2. The molecule has 4 nitrogen and oxygen atoms in total. The van der Waals surface area contributed by atoms with Crippen LogP contribution in [0.3, 0.4) is 0 Å². The number of carbonyl (C=O) groups is 1. The van der Waals surface area contributed by atoms with Gasteiger partial charge in [0.1, 0.15) is 6.04 Å². The van der Waals surface area contributed by atoms with Crippen molar-refractivity contribution in [2.45, 2.75) is 19.4 Å². The second kappa shape index (κ2) is 6.87. The average Bonchev–Trinajstić information content (AvgIpc) is 2.52. The molecule has 1 aromatic carbocycles. The van der Waals surface area contributed by atoms with Crippen molar-refractivity contribution in [1.82, 2.24) is 10.3 Å². The van der Waals surface area contributed by atoms with Gasteiger partial charge in [0.2, 0.25) is 0 Å². The van der Waals surface area contributed by atoms with Gasteiger partial charge < -0.3 is 5.32 Å². The lowest BCUT2D eigenvalue weighted by molar-refractivity contribution is 0.0944. The third kappa shape index (κ3) is 3.59. The van der Waals surface area contributed by atoms with E-state index in [9.17, 15) is 10.1 Å². The minimum atomic E-state index is -0.742. The van der Waals surface area contributed by atoms with E-state index in [2.05, 4.69) is 16.4 Å². The SMILES string of the molecule is CCc1cnccc1C(=O)NC(C#N)c1cccc(Cl)c1. The highest BCUT2D eigenvalue weighted by molar-refractivity contribution is 6.30. The highest BCUT2D eigenvalue weighted by Crippen LogP contribution is 2.18. The molecule has 21 heavy (non-hydrogen) atoms. The summed E-state index contributed by atoms with van der Waals surface area (Å²) < 4.78 is 0. The zero-order valence-electron chi connectivity index (χ0n) is 11.5. The second-order valence-electron chi connectivity index (χ2n) is 4.48. The Morgan fingerprint density at radius 1 is 1.48 bits per heavy atom. The molecular weight excluding hydrogens is 286 g/mol. The molecule has 0 aliphatic heterocycles. The van der Waals surface area contributed by atoms with Crippen molar-refractivity contribution >= 4 is 17.5 Å². The summed E-state index contributed by atoms with van der Waals surface area (Å²) in [4.78, 5) is 16.3. The standard InChI is InChI=1S/C16H14ClN3O/c1-2-11-10-19-7-6-14(11)16(21)20-15(9-18)12-4-3-5-13(17)8-12/h3-8,10,15H,2H2,1H3,(H,20,21). The van der Waals surface area contributed by atoms with Crippen LogP contribution in [0.4, 0.5) is 0 Å². The van der Waals surface area contributed by atoms with Gasteiger partial charge in [0.15, 0.2) is 0 Å². The third-order valence-electron chi connectivity index (χ3n) is 3.12. The number of nitrogens with one attached hydrogen (secondary N) is 1. The van der Waals surface area contributed by atoms with Crippen LogP contribution in [0.15, 0.2) is 42.7 Å². The lowest BCUT2D eigenvalue weighted by Gasteiger charge is -2.13. The fourth-order valence-corrected chi connectivity index (χ4v) is 2.21. The Bertz CT molecular complexity index is 694. The van der Waals surface area contributed by atoms with E-state index in [1.165, 1.54) is 0 Å². The number of hydrogen-bond donors (Lipinski definition) is 1. The molecule has 0 radical (unpaired) electrons. The fourth-order valence-electron chi connectivity index (χ4n) is 2.02. The molecule has 1 unspecified atom stereocenters. The van der Waals surface area contributed by atoms with Gasteiger partial charge >= 0.3 is 0 Å². The number of benzene rings is 1. The summed E-state index contributed by atoms with van der Waals surface area (Å²) in [6, 6.07) is 9.89. The summed E-state index contributed by atoms with van der Waals surface area (Å²) in [7, 11) is 0. The molecule has 0 saturated heterocycles. The maximum absolute atomic E-state index is 12.3. The van der Waals surface area contributed by atoms with Crippen molar-refractivity contribution in [3.63, 3.8) is 0 Å². The molecule has 1 N–H and O–H groups in total. The van der Waals surface area contributed by atoms with Crippen molar-refractivity contribution in [3.8, 4) is 6.07 Å². The molecule has 1 amide bonds. The smallest absolute Gasteiger partial charge is 0.252 e. The van der Waals surface area contributed by atoms with E-state index >= 15 is 0 Å². The van der Waals surface area contributed by atoms with Gasteiger partial charge in [-0.1, -0.05) is 30.7 Å². The van der Waals surface area contributed by atoms with Crippen LogP contribution < -0.4 is 5.32 Å². The molecule has 106 valence electrons. The number of amides is 1. The Labute approximate surface area is 128 Å². The van der Waals surface area contributed by atoms with Crippen molar-refractivity contribution in [3.05, 3.63) is 64.4 Å². The van der Waals surface area contributed by atoms with Crippen LogP contribution >= 0.6 is 11.6 Å². The molecule has 0 fully saturated rings. The van der Waals surface area contributed by atoms with Crippen LogP contribution in [0.2, 0.25) is 5.02 Å². The van der Waals surface area contributed by atoms with E-state index < -0.39 is 6.04 Å². The summed E-state index contributed by atoms with van der Waals surface area (Å²) in [5, 5.41) is 12.5. The lowest BCUT2D eigenvalue weighted by Crippen LogP contribution is -2.28. The molecule has 1 aromatic heterocycles. The Kier molecular flexibility index (Phi) is 4.91.